The molecule has 0 saturated heterocycles. The summed E-state index contributed by atoms with van der Waals surface area (Å²) < 4.78 is 5.95. The van der Waals surface area contributed by atoms with E-state index in [0.717, 1.165) is 33.7 Å². The Balaban J connectivity index is 1.53. The first kappa shape index (κ1) is 35.3. The molecule has 0 heterocycles. The van der Waals surface area contributed by atoms with Crippen molar-refractivity contribution < 1.29 is 24.4 Å². The van der Waals surface area contributed by atoms with Gasteiger partial charge in [0.2, 0.25) is 11.8 Å². The van der Waals surface area contributed by atoms with Crippen LogP contribution in [0.3, 0.4) is 0 Å². The first-order valence-corrected chi connectivity index (χ1v) is 16.2. The summed E-state index contributed by atoms with van der Waals surface area (Å²) in [6.07, 6.45) is 0.729. The van der Waals surface area contributed by atoms with Crippen molar-refractivity contribution in [3.63, 3.8) is 0 Å². The number of carbonyl (C=O) groups is 2. The highest BCUT2D eigenvalue weighted by molar-refractivity contribution is 6.43. The summed E-state index contributed by atoms with van der Waals surface area (Å²) in [7, 11) is -1.71. The molecule has 4 aromatic rings. The van der Waals surface area contributed by atoms with Gasteiger partial charge in [-0.15, -0.1) is 0 Å². The highest BCUT2D eigenvalue weighted by Crippen LogP contribution is 2.24. The topological polar surface area (TPSA) is 120 Å². The monoisotopic (exact) mass is 635 g/mol. The molecule has 0 aliphatic carbocycles. The Labute approximate surface area is 278 Å². The molecule has 0 aliphatic heterocycles. The van der Waals surface area contributed by atoms with Gasteiger partial charge in [-0.25, -0.2) is 0 Å². The van der Waals surface area contributed by atoms with Crippen LogP contribution in [0.5, 0.6) is 5.75 Å². The Hall–Kier alpha value is -4.60. The standard InChI is InChI=1S/C38H46BN3O5/c1-26(2)22-35(39(45)46)41-38(44)36(27(3)4)42-37(43)34(40-32-17-11-16-31(24-32)30-14-9-6-10-15-30)23-28-18-20-33(21-19-28)47-25-29-12-7-5-8-13-29/h5-21,24,26-27,34-36,40,45-46H,22-23,25H2,1-4H3,(H,41,44)(H,42,43). The first-order valence-electron chi connectivity index (χ1n) is 16.2. The van der Waals surface area contributed by atoms with Crippen molar-refractivity contribution in [3.05, 3.63) is 120 Å². The van der Waals surface area contributed by atoms with Crippen LogP contribution in [-0.4, -0.2) is 47.0 Å². The maximum absolute atomic E-state index is 14.0. The first-order chi connectivity index (χ1) is 22.6. The number of benzene rings is 4. The smallest absolute Gasteiger partial charge is 0.475 e. The van der Waals surface area contributed by atoms with Gasteiger partial charge in [-0.3, -0.25) is 9.59 Å². The van der Waals surface area contributed by atoms with E-state index >= 15 is 0 Å². The van der Waals surface area contributed by atoms with Crippen LogP contribution >= 0.6 is 0 Å². The van der Waals surface area contributed by atoms with Crippen molar-refractivity contribution in [1.82, 2.24) is 10.6 Å². The van der Waals surface area contributed by atoms with Crippen LogP contribution in [0.4, 0.5) is 5.69 Å². The second-order valence-electron chi connectivity index (χ2n) is 12.7. The molecule has 47 heavy (non-hydrogen) atoms. The molecule has 4 aromatic carbocycles. The summed E-state index contributed by atoms with van der Waals surface area (Å²) in [5.74, 6) is -1.06. The van der Waals surface area contributed by atoms with Crippen LogP contribution in [0.25, 0.3) is 11.1 Å². The SMILES string of the molecule is CC(C)CC(NC(=O)C(NC(=O)C(Cc1ccc(OCc2ccccc2)cc1)Nc1cccc(-c2ccccc2)c1)C(C)C)B(O)O. The van der Waals surface area contributed by atoms with E-state index in [9.17, 15) is 19.6 Å². The fourth-order valence-electron chi connectivity index (χ4n) is 5.35. The van der Waals surface area contributed by atoms with Gasteiger partial charge < -0.3 is 30.7 Å². The highest BCUT2D eigenvalue weighted by atomic mass is 16.5. The molecule has 0 saturated carbocycles. The summed E-state index contributed by atoms with van der Waals surface area (Å²) in [6, 6.07) is 33.9. The molecule has 0 fully saturated rings. The number of carbonyl (C=O) groups excluding carboxylic acids is 2. The number of anilines is 1. The quantitative estimate of drug-likeness (QED) is 0.102. The van der Waals surface area contributed by atoms with E-state index in [1.54, 1.807) is 0 Å². The Morgan fingerprint density at radius 1 is 0.723 bits per heavy atom. The zero-order valence-corrected chi connectivity index (χ0v) is 27.6. The molecule has 246 valence electrons. The average Bonchev–Trinajstić information content (AvgIpc) is 3.06. The molecule has 0 radical (unpaired) electrons. The van der Waals surface area contributed by atoms with E-state index in [4.69, 9.17) is 4.74 Å². The minimum Gasteiger partial charge on any atom is -0.489 e. The van der Waals surface area contributed by atoms with Crippen molar-refractivity contribution in [2.45, 2.75) is 65.2 Å². The second kappa shape index (κ2) is 17.4. The normalized spacial score (nSPS) is 13.0. The average molecular weight is 636 g/mol. The van der Waals surface area contributed by atoms with Gasteiger partial charge in [-0.05, 0) is 64.8 Å². The van der Waals surface area contributed by atoms with Gasteiger partial charge in [-0.2, -0.15) is 0 Å². The second-order valence-corrected chi connectivity index (χ2v) is 12.7. The Kier molecular flexibility index (Phi) is 13.0. The Morgan fingerprint density at radius 3 is 1.98 bits per heavy atom. The molecule has 0 aromatic heterocycles. The molecular weight excluding hydrogens is 589 g/mol. The zero-order chi connectivity index (χ0) is 33.8. The van der Waals surface area contributed by atoms with Crippen LogP contribution in [0.2, 0.25) is 0 Å². The molecule has 8 nitrogen and oxygen atoms in total. The lowest BCUT2D eigenvalue weighted by molar-refractivity contribution is -0.130. The molecule has 3 unspecified atom stereocenters. The van der Waals surface area contributed by atoms with E-state index in [2.05, 4.69) is 16.0 Å². The van der Waals surface area contributed by atoms with Crippen LogP contribution in [0.15, 0.2) is 109 Å². The van der Waals surface area contributed by atoms with Crippen molar-refractivity contribution >= 4 is 24.6 Å². The van der Waals surface area contributed by atoms with Crippen molar-refractivity contribution in [2.75, 3.05) is 5.32 Å². The third-order valence-electron chi connectivity index (χ3n) is 7.90. The van der Waals surface area contributed by atoms with Gasteiger partial charge >= 0.3 is 7.12 Å². The minimum absolute atomic E-state index is 0.129. The van der Waals surface area contributed by atoms with E-state index < -0.39 is 31.1 Å². The van der Waals surface area contributed by atoms with E-state index in [1.807, 2.05) is 137 Å². The molecular formula is C38H46BN3O5. The lowest BCUT2D eigenvalue weighted by atomic mass is 9.75. The number of hydrogen-bond donors (Lipinski definition) is 5. The van der Waals surface area contributed by atoms with Gasteiger partial charge in [0, 0.05) is 12.1 Å². The van der Waals surface area contributed by atoms with Crippen molar-refractivity contribution in [3.8, 4) is 16.9 Å². The molecule has 0 spiro atoms. The van der Waals surface area contributed by atoms with E-state index in [-0.39, 0.29) is 17.7 Å². The van der Waals surface area contributed by atoms with Crippen LogP contribution in [0.1, 0.15) is 45.2 Å². The third kappa shape index (κ3) is 11.0. The van der Waals surface area contributed by atoms with Crippen molar-refractivity contribution in [2.24, 2.45) is 11.8 Å². The summed E-state index contributed by atoms with van der Waals surface area (Å²) in [4.78, 5) is 27.3. The lowest BCUT2D eigenvalue weighted by Crippen LogP contribution is -2.57. The minimum atomic E-state index is -1.71. The van der Waals surface area contributed by atoms with Crippen LogP contribution in [-0.2, 0) is 22.6 Å². The zero-order valence-electron chi connectivity index (χ0n) is 27.6. The predicted molar refractivity (Wildman–Crippen MR) is 189 cm³/mol. The van der Waals surface area contributed by atoms with Gasteiger partial charge in [0.15, 0.2) is 0 Å². The van der Waals surface area contributed by atoms with Crippen molar-refractivity contribution in [1.29, 1.82) is 0 Å². The van der Waals surface area contributed by atoms with Crippen LogP contribution in [0, 0.1) is 11.8 Å². The number of amides is 2. The molecule has 0 aliphatic rings. The molecule has 4 rings (SSSR count). The molecule has 3 atom stereocenters. The highest BCUT2D eigenvalue weighted by Gasteiger charge is 2.32. The summed E-state index contributed by atoms with van der Waals surface area (Å²) in [5.41, 5.74) is 4.81. The number of hydrogen-bond acceptors (Lipinski definition) is 6. The summed E-state index contributed by atoms with van der Waals surface area (Å²) in [5, 5.41) is 28.9. The number of rotatable bonds is 16. The van der Waals surface area contributed by atoms with Gasteiger partial charge in [0.1, 0.15) is 24.4 Å². The largest absolute Gasteiger partial charge is 0.489 e. The molecule has 9 heteroatoms. The molecule has 2 amide bonds. The number of ether oxygens (including phenoxy) is 1. The van der Waals surface area contributed by atoms with Gasteiger partial charge in [-0.1, -0.05) is 113 Å². The maximum Gasteiger partial charge on any atom is 0.475 e. The number of nitrogens with one attached hydrogen (secondary N) is 3. The maximum atomic E-state index is 14.0. The molecule has 0 bridgehead atoms. The third-order valence-corrected chi connectivity index (χ3v) is 7.90. The fraction of sp³-hybridized carbons (Fsp3) is 0.316. The lowest BCUT2D eigenvalue weighted by Gasteiger charge is -2.28. The van der Waals surface area contributed by atoms with Gasteiger partial charge in [0.25, 0.3) is 0 Å². The van der Waals surface area contributed by atoms with E-state index in [0.29, 0.717) is 19.4 Å². The Morgan fingerprint density at radius 2 is 1.36 bits per heavy atom. The molecule has 5 N–H and O–H groups in total. The summed E-state index contributed by atoms with van der Waals surface area (Å²) in [6.45, 7) is 8.02. The van der Waals surface area contributed by atoms with E-state index in [1.165, 1.54) is 0 Å². The Bertz CT molecular complexity index is 1550. The fourth-order valence-corrected chi connectivity index (χ4v) is 5.35. The van der Waals surface area contributed by atoms with Gasteiger partial charge in [0.05, 0.1) is 5.94 Å². The predicted octanol–water partition coefficient (Wildman–Crippen LogP) is 5.64. The summed E-state index contributed by atoms with van der Waals surface area (Å²) >= 11 is 0. The van der Waals surface area contributed by atoms with Crippen LogP contribution < -0.4 is 20.7 Å².